The molecular weight excluding hydrogens is 254 g/mol. The summed E-state index contributed by atoms with van der Waals surface area (Å²) in [6.45, 7) is 7.86. The summed E-state index contributed by atoms with van der Waals surface area (Å²) in [5, 5.41) is 3.11. The zero-order chi connectivity index (χ0) is 14.9. The van der Waals surface area contributed by atoms with Crippen LogP contribution < -0.4 is 14.8 Å². The summed E-state index contributed by atoms with van der Waals surface area (Å²) in [5.74, 6) is 1.59. The van der Waals surface area contributed by atoms with Crippen molar-refractivity contribution in [2.75, 3.05) is 7.11 Å². The number of fused-ring (bicyclic) bond motifs is 1. The second-order valence-corrected chi connectivity index (χ2v) is 6.19. The molecule has 1 amide bonds. The predicted octanol–water partition coefficient (Wildman–Crippen LogP) is 3.07. The van der Waals surface area contributed by atoms with E-state index in [9.17, 15) is 4.79 Å². The van der Waals surface area contributed by atoms with Gasteiger partial charge in [0.05, 0.1) is 13.2 Å². The molecule has 110 valence electrons. The molecule has 2 rings (SSSR count). The fourth-order valence-electron chi connectivity index (χ4n) is 2.43. The lowest BCUT2D eigenvalue weighted by molar-refractivity contribution is -0.125. The minimum Gasteiger partial charge on any atom is -0.497 e. The number of benzene rings is 1. The molecule has 1 aliphatic heterocycles. The second kappa shape index (κ2) is 5.35. The Morgan fingerprint density at radius 1 is 1.45 bits per heavy atom. The summed E-state index contributed by atoms with van der Waals surface area (Å²) < 4.78 is 11.2. The van der Waals surface area contributed by atoms with E-state index in [1.807, 2.05) is 45.9 Å². The van der Waals surface area contributed by atoms with Gasteiger partial charge in [-0.15, -0.1) is 0 Å². The molecule has 1 N–H and O–H groups in total. The molecule has 0 radical (unpaired) electrons. The molecule has 0 aliphatic carbocycles. The van der Waals surface area contributed by atoms with Crippen molar-refractivity contribution in [3.05, 3.63) is 23.8 Å². The lowest BCUT2D eigenvalue weighted by Gasteiger charge is -2.38. The molecule has 0 aromatic heterocycles. The molecule has 0 saturated carbocycles. The van der Waals surface area contributed by atoms with Crippen LogP contribution in [0.5, 0.6) is 11.5 Å². The minimum atomic E-state index is -0.311. The molecular formula is C16H23NO3. The van der Waals surface area contributed by atoms with Crippen molar-refractivity contribution in [1.82, 2.24) is 5.32 Å². The highest BCUT2D eigenvalue weighted by Crippen LogP contribution is 2.41. The van der Waals surface area contributed by atoms with Crippen LogP contribution in [0.1, 0.15) is 45.7 Å². The van der Waals surface area contributed by atoms with E-state index in [0.29, 0.717) is 0 Å². The van der Waals surface area contributed by atoms with Crippen molar-refractivity contribution in [1.29, 1.82) is 0 Å². The van der Waals surface area contributed by atoms with Gasteiger partial charge in [-0.3, -0.25) is 4.79 Å². The number of hydrogen-bond acceptors (Lipinski definition) is 3. The Morgan fingerprint density at radius 3 is 2.75 bits per heavy atom. The van der Waals surface area contributed by atoms with Gasteiger partial charge in [-0.2, -0.15) is 0 Å². The van der Waals surface area contributed by atoms with Crippen LogP contribution in [0.15, 0.2) is 18.2 Å². The Kier molecular flexibility index (Phi) is 3.93. The lowest BCUT2D eigenvalue weighted by Crippen LogP contribution is -2.42. The Bertz CT molecular complexity index is 508. The van der Waals surface area contributed by atoms with Gasteiger partial charge in [0.15, 0.2) is 0 Å². The van der Waals surface area contributed by atoms with Crippen molar-refractivity contribution in [3.8, 4) is 11.5 Å². The molecule has 0 saturated heterocycles. The summed E-state index contributed by atoms with van der Waals surface area (Å²) in [4.78, 5) is 12.0. The highest BCUT2D eigenvalue weighted by atomic mass is 16.5. The fourth-order valence-corrected chi connectivity index (χ4v) is 2.43. The number of carbonyl (C=O) groups excluding carboxylic acids is 1. The highest BCUT2D eigenvalue weighted by molar-refractivity contribution is 5.78. The van der Waals surface area contributed by atoms with E-state index in [-0.39, 0.29) is 23.5 Å². The van der Waals surface area contributed by atoms with Crippen molar-refractivity contribution in [2.45, 2.75) is 45.8 Å². The summed E-state index contributed by atoms with van der Waals surface area (Å²) in [7, 11) is 1.63. The number of ether oxygens (including phenoxy) is 2. The van der Waals surface area contributed by atoms with Gasteiger partial charge < -0.3 is 14.8 Å². The summed E-state index contributed by atoms with van der Waals surface area (Å²) in [5.41, 5.74) is 0.702. The predicted molar refractivity (Wildman–Crippen MR) is 78.0 cm³/mol. The largest absolute Gasteiger partial charge is 0.497 e. The topological polar surface area (TPSA) is 47.6 Å². The second-order valence-electron chi connectivity index (χ2n) is 6.19. The van der Waals surface area contributed by atoms with Gasteiger partial charge in [0.2, 0.25) is 5.91 Å². The third-order valence-corrected chi connectivity index (χ3v) is 3.52. The molecule has 1 aromatic rings. The van der Waals surface area contributed by atoms with Crippen LogP contribution in [0.3, 0.4) is 0 Å². The van der Waals surface area contributed by atoms with Crippen LogP contribution in [0, 0.1) is 5.92 Å². The van der Waals surface area contributed by atoms with Gasteiger partial charge in [-0.1, -0.05) is 13.8 Å². The molecule has 1 unspecified atom stereocenters. The van der Waals surface area contributed by atoms with E-state index in [1.165, 1.54) is 0 Å². The Morgan fingerprint density at radius 2 is 2.15 bits per heavy atom. The van der Waals surface area contributed by atoms with E-state index >= 15 is 0 Å². The number of rotatable bonds is 3. The van der Waals surface area contributed by atoms with Crippen molar-refractivity contribution < 1.29 is 14.3 Å². The van der Waals surface area contributed by atoms with E-state index in [0.717, 1.165) is 23.5 Å². The van der Waals surface area contributed by atoms with Gasteiger partial charge in [-0.05, 0) is 26.0 Å². The maximum absolute atomic E-state index is 12.0. The minimum absolute atomic E-state index is 0.0189. The molecule has 1 atom stereocenters. The smallest absolute Gasteiger partial charge is 0.223 e. The summed E-state index contributed by atoms with van der Waals surface area (Å²) in [6, 6.07) is 5.73. The van der Waals surface area contributed by atoms with Crippen LogP contribution >= 0.6 is 0 Å². The Balaban J connectivity index is 2.33. The number of carbonyl (C=O) groups is 1. The quantitative estimate of drug-likeness (QED) is 0.923. The molecule has 1 aromatic carbocycles. The van der Waals surface area contributed by atoms with E-state index in [2.05, 4.69) is 5.32 Å². The average molecular weight is 277 g/mol. The number of amides is 1. The molecule has 1 aliphatic rings. The van der Waals surface area contributed by atoms with Gasteiger partial charge in [0.25, 0.3) is 0 Å². The average Bonchev–Trinajstić information content (AvgIpc) is 2.36. The first-order valence-corrected chi connectivity index (χ1v) is 7.00. The first-order chi connectivity index (χ1) is 9.32. The Labute approximate surface area is 120 Å². The fraction of sp³-hybridized carbons (Fsp3) is 0.562. The van der Waals surface area contributed by atoms with Crippen LogP contribution in [-0.4, -0.2) is 18.6 Å². The molecule has 0 spiro atoms. The SMILES string of the molecule is COc1ccc2c(c1)OC(C)(C)CC2NC(=O)C(C)C. The molecule has 4 nitrogen and oxygen atoms in total. The molecule has 20 heavy (non-hydrogen) atoms. The first kappa shape index (κ1) is 14.7. The normalized spacial score (nSPS) is 20.0. The lowest BCUT2D eigenvalue weighted by atomic mass is 9.89. The van der Waals surface area contributed by atoms with Crippen molar-refractivity contribution in [3.63, 3.8) is 0 Å². The van der Waals surface area contributed by atoms with Gasteiger partial charge >= 0.3 is 0 Å². The highest BCUT2D eigenvalue weighted by Gasteiger charge is 2.35. The summed E-state index contributed by atoms with van der Waals surface area (Å²) >= 11 is 0. The third-order valence-electron chi connectivity index (χ3n) is 3.52. The van der Waals surface area contributed by atoms with Crippen LogP contribution in [0.2, 0.25) is 0 Å². The van der Waals surface area contributed by atoms with Crippen LogP contribution in [0.25, 0.3) is 0 Å². The molecule has 4 heteroatoms. The number of hydrogen-bond donors (Lipinski definition) is 1. The Hall–Kier alpha value is -1.71. The van der Waals surface area contributed by atoms with Gasteiger partial charge in [-0.25, -0.2) is 0 Å². The van der Waals surface area contributed by atoms with E-state index in [4.69, 9.17) is 9.47 Å². The van der Waals surface area contributed by atoms with E-state index < -0.39 is 0 Å². The summed E-state index contributed by atoms with van der Waals surface area (Å²) in [6.07, 6.45) is 0.755. The molecule has 0 fully saturated rings. The third kappa shape index (κ3) is 3.06. The van der Waals surface area contributed by atoms with Crippen molar-refractivity contribution in [2.24, 2.45) is 5.92 Å². The zero-order valence-corrected chi connectivity index (χ0v) is 12.8. The number of nitrogens with one attached hydrogen (secondary N) is 1. The maximum Gasteiger partial charge on any atom is 0.223 e. The van der Waals surface area contributed by atoms with E-state index in [1.54, 1.807) is 7.11 Å². The molecule has 0 bridgehead atoms. The number of methoxy groups -OCH3 is 1. The molecule has 1 heterocycles. The van der Waals surface area contributed by atoms with Gasteiger partial charge in [0.1, 0.15) is 17.1 Å². The monoisotopic (exact) mass is 277 g/mol. The standard InChI is InChI=1S/C16H23NO3/c1-10(2)15(18)17-13-9-16(3,4)20-14-8-11(19-5)6-7-12(13)14/h6-8,10,13H,9H2,1-5H3,(H,17,18). The van der Waals surface area contributed by atoms with Crippen molar-refractivity contribution >= 4 is 5.91 Å². The zero-order valence-electron chi connectivity index (χ0n) is 12.8. The van der Waals surface area contributed by atoms with Crippen LogP contribution in [-0.2, 0) is 4.79 Å². The maximum atomic E-state index is 12.0. The van der Waals surface area contributed by atoms with Crippen LogP contribution in [0.4, 0.5) is 0 Å². The van der Waals surface area contributed by atoms with Gasteiger partial charge in [0, 0.05) is 24.0 Å². The first-order valence-electron chi connectivity index (χ1n) is 7.00.